The zero-order valence-corrected chi connectivity index (χ0v) is 15.2. The number of aryl methyl sites for hydroxylation is 1. The van der Waals surface area contributed by atoms with Gasteiger partial charge in [0, 0.05) is 24.8 Å². The average Bonchev–Trinajstić information content (AvgIpc) is 3.15. The van der Waals surface area contributed by atoms with Crippen LogP contribution < -0.4 is 10.6 Å². The number of nitrogens with zero attached hydrogens (tertiary/aromatic N) is 4. The average molecular weight is 360 g/mol. The van der Waals surface area contributed by atoms with Crippen molar-refractivity contribution in [3.8, 4) is 0 Å². The molecule has 8 heteroatoms. The number of thioether (sulfide) groups is 1. The Morgan fingerprint density at radius 2 is 2.16 bits per heavy atom. The van der Waals surface area contributed by atoms with E-state index in [2.05, 4.69) is 50.4 Å². The first kappa shape index (κ1) is 17.0. The molecule has 2 aromatic rings. The van der Waals surface area contributed by atoms with Crippen molar-refractivity contribution in [2.45, 2.75) is 35.6 Å². The van der Waals surface area contributed by atoms with Crippen molar-refractivity contribution in [2.24, 2.45) is 7.05 Å². The van der Waals surface area contributed by atoms with E-state index in [1.54, 1.807) is 16.4 Å². The molecule has 2 heterocycles. The first-order chi connectivity index (χ1) is 12.2. The molecule has 1 spiro atoms. The number of nitrogens with one attached hydrogen (secondary N) is 2. The highest BCUT2D eigenvalue weighted by molar-refractivity contribution is 7.99. The molecule has 4 rings (SSSR count). The summed E-state index contributed by atoms with van der Waals surface area (Å²) in [5, 5.41) is 30.5. The predicted molar refractivity (Wildman–Crippen MR) is 96.5 cm³/mol. The summed E-state index contributed by atoms with van der Waals surface area (Å²) in [6, 6.07) is 8.51. The number of tetrazole rings is 1. The molecule has 7 nitrogen and oxygen atoms in total. The van der Waals surface area contributed by atoms with Gasteiger partial charge in [-0.15, -0.1) is 5.10 Å². The molecular formula is C17H24N6OS. The second-order valence-corrected chi connectivity index (χ2v) is 7.87. The zero-order chi connectivity index (χ0) is 17.3. The van der Waals surface area contributed by atoms with E-state index in [0.717, 1.165) is 43.4 Å². The van der Waals surface area contributed by atoms with Gasteiger partial charge in [-0.2, -0.15) is 0 Å². The molecule has 0 amide bonds. The van der Waals surface area contributed by atoms with E-state index in [-0.39, 0.29) is 17.6 Å². The van der Waals surface area contributed by atoms with E-state index in [1.165, 1.54) is 11.1 Å². The van der Waals surface area contributed by atoms with Crippen molar-refractivity contribution < 1.29 is 5.11 Å². The Kier molecular flexibility index (Phi) is 4.77. The van der Waals surface area contributed by atoms with Gasteiger partial charge in [-0.05, 0) is 47.5 Å². The van der Waals surface area contributed by atoms with Gasteiger partial charge in [-0.25, -0.2) is 4.68 Å². The highest BCUT2D eigenvalue weighted by Gasteiger charge is 2.51. The number of benzene rings is 1. The molecule has 2 atom stereocenters. The summed E-state index contributed by atoms with van der Waals surface area (Å²) in [5.74, 6) is 0.855. The molecule has 1 aliphatic heterocycles. The summed E-state index contributed by atoms with van der Waals surface area (Å²) in [6.45, 7) is 2.72. The predicted octanol–water partition coefficient (Wildman–Crippen LogP) is 0.629. The van der Waals surface area contributed by atoms with Gasteiger partial charge in [-0.1, -0.05) is 36.0 Å². The molecule has 0 bridgehead atoms. The smallest absolute Gasteiger partial charge is 0.209 e. The van der Waals surface area contributed by atoms with Crippen LogP contribution in [0.2, 0.25) is 0 Å². The van der Waals surface area contributed by atoms with Gasteiger partial charge in [0.1, 0.15) is 0 Å². The summed E-state index contributed by atoms with van der Waals surface area (Å²) in [7, 11) is 1.84. The van der Waals surface area contributed by atoms with Crippen LogP contribution in [0.5, 0.6) is 0 Å². The first-order valence-electron chi connectivity index (χ1n) is 8.79. The lowest BCUT2D eigenvalue weighted by Crippen LogP contribution is -2.48. The van der Waals surface area contributed by atoms with Crippen molar-refractivity contribution in [1.29, 1.82) is 0 Å². The fourth-order valence-electron chi connectivity index (χ4n) is 4.23. The maximum atomic E-state index is 11.2. The van der Waals surface area contributed by atoms with Crippen LogP contribution in [-0.2, 0) is 12.5 Å². The Bertz CT molecular complexity index is 729. The molecule has 0 unspecified atom stereocenters. The Labute approximate surface area is 151 Å². The second kappa shape index (κ2) is 7.03. The van der Waals surface area contributed by atoms with Gasteiger partial charge < -0.3 is 15.7 Å². The summed E-state index contributed by atoms with van der Waals surface area (Å²) in [4.78, 5) is 0. The largest absolute Gasteiger partial charge is 0.390 e. The minimum atomic E-state index is -0.381. The SMILES string of the molecule is Cn1nnnc1SCCN[C@@H]1c2ccccc2C2(CCNCC2)[C@H]1O. The molecular weight excluding hydrogens is 336 g/mol. The molecule has 0 saturated carbocycles. The molecule has 1 aromatic carbocycles. The number of fused-ring (bicyclic) bond motifs is 2. The lowest BCUT2D eigenvalue weighted by atomic mass is 9.72. The van der Waals surface area contributed by atoms with Gasteiger partial charge in [-0.3, -0.25) is 0 Å². The van der Waals surface area contributed by atoms with Crippen molar-refractivity contribution in [1.82, 2.24) is 30.8 Å². The molecule has 2 aliphatic rings. The van der Waals surface area contributed by atoms with E-state index in [0.29, 0.717) is 0 Å². The quantitative estimate of drug-likeness (QED) is 0.532. The number of aliphatic hydroxyl groups excluding tert-OH is 1. The molecule has 1 aromatic heterocycles. The van der Waals surface area contributed by atoms with Crippen LogP contribution in [-0.4, -0.2) is 56.8 Å². The Morgan fingerprint density at radius 1 is 1.36 bits per heavy atom. The van der Waals surface area contributed by atoms with Crippen LogP contribution in [0.3, 0.4) is 0 Å². The maximum Gasteiger partial charge on any atom is 0.209 e. The van der Waals surface area contributed by atoms with Crippen molar-refractivity contribution in [3.63, 3.8) is 0 Å². The number of aromatic nitrogens is 4. The molecule has 1 fully saturated rings. The molecule has 134 valence electrons. The molecule has 3 N–H and O–H groups in total. The monoisotopic (exact) mass is 360 g/mol. The zero-order valence-electron chi connectivity index (χ0n) is 14.4. The first-order valence-corrected chi connectivity index (χ1v) is 9.78. The van der Waals surface area contributed by atoms with E-state index < -0.39 is 0 Å². The van der Waals surface area contributed by atoms with Crippen LogP contribution in [0.1, 0.15) is 30.0 Å². The van der Waals surface area contributed by atoms with E-state index >= 15 is 0 Å². The van der Waals surface area contributed by atoms with Crippen LogP contribution in [0.15, 0.2) is 29.4 Å². The molecule has 0 radical (unpaired) electrons. The van der Waals surface area contributed by atoms with Crippen molar-refractivity contribution >= 4 is 11.8 Å². The van der Waals surface area contributed by atoms with E-state index in [9.17, 15) is 5.11 Å². The van der Waals surface area contributed by atoms with Gasteiger partial charge in [0.15, 0.2) is 0 Å². The van der Waals surface area contributed by atoms with Crippen LogP contribution >= 0.6 is 11.8 Å². The lowest BCUT2D eigenvalue weighted by Gasteiger charge is -2.39. The number of hydrogen-bond acceptors (Lipinski definition) is 7. The summed E-state index contributed by atoms with van der Waals surface area (Å²) >= 11 is 1.62. The second-order valence-electron chi connectivity index (χ2n) is 6.80. The van der Waals surface area contributed by atoms with Crippen molar-refractivity contribution in [3.05, 3.63) is 35.4 Å². The summed E-state index contributed by atoms with van der Waals surface area (Å²) in [6.07, 6.45) is 1.60. The van der Waals surface area contributed by atoms with Crippen LogP contribution in [0, 0.1) is 0 Å². The topological polar surface area (TPSA) is 87.9 Å². The highest BCUT2D eigenvalue weighted by atomic mass is 32.2. The van der Waals surface area contributed by atoms with Gasteiger partial charge in [0.25, 0.3) is 0 Å². The Morgan fingerprint density at radius 3 is 2.92 bits per heavy atom. The third-order valence-corrected chi connectivity index (χ3v) is 6.50. The third-order valence-electron chi connectivity index (χ3n) is 5.49. The minimum Gasteiger partial charge on any atom is -0.390 e. The minimum absolute atomic E-state index is 0.00692. The molecule has 25 heavy (non-hydrogen) atoms. The number of rotatable bonds is 5. The fraction of sp³-hybridized carbons (Fsp3) is 0.588. The normalized spacial score (nSPS) is 24.6. The van der Waals surface area contributed by atoms with Gasteiger partial charge in [0.2, 0.25) is 5.16 Å². The Hall–Kier alpha value is -1.48. The van der Waals surface area contributed by atoms with Crippen LogP contribution in [0.4, 0.5) is 0 Å². The van der Waals surface area contributed by atoms with Gasteiger partial charge in [0.05, 0.1) is 12.1 Å². The Balaban J connectivity index is 1.45. The van der Waals surface area contributed by atoms with E-state index in [1.807, 2.05) is 7.05 Å². The molecule has 1 saturated heterocycles. The third kappa shape index (κ3) is 2.97. The summed E-state index contributed by atoms with van der Waals surface area (Å²) in [5.41, 5.74) is 2.47. The highest BCUT2D eigenvalue weighted by Crippen LogP contribution is 2.49. The summed E-state index contributed by atoms with van der Waals surface area (Å²) < 4.78 is 1.68. The number of aliphatic hydroxyl groups is 1. The van der Waals surface area contributed by atoms with E-state index in [4.69, 9.17) is 0 Å². The standard InChI is InChI=1S/C17H24N6OS/c1-23-16(20-21-22-23)25-11-10-19-14-12-4-2-3-5-13(12)17(15(14)24)6-8-18-9-7-17/h2-5,14-15,18-19,24H,6-11H2,1H3/t14-,15+/m1/s1. The van der Waals surface area contributed by atoms with Crippen LogP contribution in [0.25, 0.3) is 0 Å². The van der Waals surface area contributed by atoms with Crippen molar-refractivity contribution in [2.75, 3.05) is 25.4 Å². The number of hydrogen-bond donors (Lipinski definition) is 3. The van der Waals surface area contributed by atoms with Gasteiger partial charge >= 0.3 is 0 Å². The molecule has 1 aliphatic carbocycles. The lowest BCUT2D eigenvalue weighted by molar-refractivity contribution is 0.0450. The maximum absolute atomic E-state index is 11.2. The number of piperidine rings is 1. The fourth-order valence-corrected chi connectivity index (χ4v) is 4.95.